The van der Waals surface area contributed by atoms with Crippen LogP contribution >= 0.6 is 0 Å². The van der Waals surface area contributed by atoms with Gasteiger partial charge in [0.15, 0.2) is 0 Å². The zero-order valence-corrected chi connectivity index (χ0v) is 11.2. The lowest BCUT2D eigenvalue weighted by atomic mass is 10.2. The minimum Gasteiger partial charge on any atom is -0.406 e. The SMILES string of the molecule is CC1=C(C)N(C)[SiH](C)[Si](C)=C1C. The third kappa shape index (κ3) is 1.35. The molecular formula is C9H19NSi2. The maximum Gasteiger partial charge on any atom is 0.143 e. The van der Waals surface area contributed by atoms with Crippen molar-refractivity contribution in [2.45, 2.75) is 33.9 Å². The quantitative estimate of drug-likeness (QED) is 0.533. The molecule has 1 rings (SSSR count). The number of rotatable bonds is 0. The third-order valence-corrected chi connectivity index (χ3v) is 14.0. The minimum absolute atomic E-state index is 0.155. The van der Waals surface area contributed by atoms with Gasteiger partial charge in [-0.3, -0.25) is 0 Å². The van der Waals surface area contributed by atoms with E-state index in [0.717, 1.165) is 0 Å². The molecule has 1 aliphatic rings. The molecule has 0 spiro atoms. The Hall–Kier alpha value is -0.156. The number of allylic oxidation sites excluding steroid dienone is 2. The Labute approximate surface area is 78.8 Å². The largest absolute Gasteiger partial charge is 0.406 e. The molecule has 0 aromatic rings. The predicted octanol–water partition coefficient (Wildman–Crippen LogP) is 1.56. The fraction of sp³-hybridized carbons (Fsp3) is 0.667. The average molecular weight is 197 g/mol. The second-order valence-electron chi connectivity index (χ2n) is 3.81. The predicted molar refractivity (Wildman–Crippen MR) is 61.4 cm³/mol. The van der Waals surface area contributed by atoms with Crippen LogP contribution in [0.3, 0.4) is 0 Å². The lowest BCUT2D eigenvalue weighted by Crippen LogP contribution is -2.46. The highest BCUT2D eigenvalue weighted by Crippen LogP contribution is 2.16. The van der Waals surface area contributed by atoms with Crippen LogP contribution < -0.4 is 0 Å². The molecule has 0 radical (unpaired) electrons. The summed E-state index contributed by atoms with van der Waals surface area (Å²) in [6, 6.07) is 0. The molecule has 0 aliphatic carbocycles. The standard InChI is InChI=1S/C9H19NSi2/c1-7-8(2)10(4)12(6)11(5)9(7)3/h12H,1-6H3. The van der Waals surface area contributed by atoms with Crippen LogP contribution in [0.1, 0.15) is 20.8 Å². The van der Waals surface area contributed by atoms with Crippen molar-refractivity contribution < 1.29 is 0 Å². The van der Waals surface area contributed by atoms with Gasteiger partial charge in [0.05, 0.1) is 0 Å². The molecule has 3 heteroatoms. The molecule has 1 aliphatic heterocycles. The van der Waals surface area contributed by atoms with Gasteiger partial charge in [0.1, 0.15) is 8.48 Å². The first-order chi connectivity index (χ1) is 5.46. The van der Waals surface area contributed by atoms with Gasteiger partial charge in [-0.15, -0.1) is 0 Å². The van der Waals surface area contributed by atoms with E-state index in [1.54, 1.807) is 10.7 Å². The zero-order valence-electron chi connectivity index (χ0n) is 9.02. The molecule has 1 atom stereocenters. The second-order valence-corrected chi connectivity index (χ2v) is 13.2. The van der Waals surface area contributed by atoms with E-state index < -0.39 is 8.48 Å². The van der Waals surface area contributed by atoms with Crippen molar-refractivity contribution in [3.05, 3.63) is 11.3 Å². The van der Waals surface area contributed by atoms with Crippen LogP contribution in [-0.2, 0) is 0 Å². The van der Waals surface area contributed by atoms with Gasteiger partial charge in [-0.2, -0.15) is 0 Å². The Kier molecular flexibility index (Phi) is 2.73. The Morgan fingerprint density at radius 1 is 1.25 bits per heavy atom. The van der Waals surface area contributed by atoms with E-state index in [0.29, 0.717) is 0 Å². The Bertz CT molecular complexity index is 238. The molecule has 0 aromatic heterocycles. The van der Waals surface area contributed by atoms with Crippen molar-refractivity contribution >= 4 is 21.6 Å². The summed E-state index contributed by atoms with van der Waals surface area (Å²) in [5.41, 5.74) is 3.07. The summed E-state index contributed by atoms with van der Waals surface area (Å²) in [6.45, 7) is 11.8. The van der Waals surface area contributed by atoms with E-state index in [-0.39, 0.29) is 7.93 Å². The van der Waals surface area contributed by atoms with Gasteiger partial charge < -0.3 is 4.57 Å². The second kappa shape index (κ2) is 3.30. The first kappa shape index (κ1) is 9.93. The van der Waals surface area contributed by atoms with Crippen molar-refractivity contribution in [2.75, 3.05) is 7.05 Å². The molecule has 1 heterocycles. The number of hydrogen-bond acceptors (Lipinski definition) is 1. The van der Waals surface area contributed by atoms with E-state index in [1.165, 1.54) is 5.70 Å². The summed E-state index contributed by atoms with van der Waals surface area (Å²) >= 11 is 0. The van der Waals surface area contributed by atoms with Gasteiger partial charge in [0.25, 0.3) is 0 Å². The van der Waals surface area contributed by atoms with E-state index in [9.17, 15) is 0 Å². The zero-order chi connectivity index (χ0) is 9.46. The molecule has 0 saturated carbocycles. The van der Waals surface area contributed by atoms with Crippen LogP contribution in [0.4, 0.5) is 0 Å². The molecule has 0 amide bonds. The van der Waals surface area contributed by atoms with Crippen molar-refractivity contribution in [3.63, 3.8) is 0 Å². The monoisotopic (exact) mass is 197 g/mol. The highest BCUT2D eigenvalue weighted by atomic mass is 29.2. The smallest absolute Gasteiger partial charge is 0.143 e. The lowest BCUT2D eigenvalue weighted by Gasteiger charge is -2.34. The van der Waals surface area contributed by atoms with E-state index in [1.807, 2.05) is 0 Å². The Balaban J connectivity index is 3.18. The van der Waals surface area contributed by atoms with Gasteiger partial charge in [-0.1, -0.05) is 18.3 Å². The summed E-state index contributed by atoms with van der Waals surface area (Å²) in [5, 5.41) is 1.72. The normalized spacial score (nSPS) is 25.5. The summed E-state index contributed by atoms with van der Waals surface area (Å²) in [4.78, 5) is 0. The fourth-order valence-corrected chi connectivity index (χ4v) is 9.33. The minimum atomic E-state index is -0.597. The van der Waals surface area contributed by atoms with E-state index in [2.05, 4.69) is 45.5 Å². The van der Waals surface area contributed by atoms with Gasteiger partial charge in [-0.25, -0.2) is 0 Å². The fourth-order valence-electron chi connectivity index (χ4n) is 1.73. The van der Waals surface area contributed by atoms with Crippen molar-refractivity contribution in [2.24, 2.45) is 0 Å². The Morgan fingerprint density at radius 3 is 2.25 bits per heavy atom. The molecule has 68 valence electrons. The van der Waals surface area contributed by atoms with Gasteiger partial charge in [0.2, 0.25) is 0 Å². The van der Waals surface area contributed by atoms with Crippen LogP contribution in [-0.4, -0.2) is 33.2 Å². The molecule has 0 saturated heterocycles. The first-order valence-corrected chi connectivity index (χ1v) is 10.0. The summed E-state index contributed by atoms with van der Waals surface area (Å²) < 4.78 is 2.57. The summed E-state index contributed by atoms with van der Waals surface area (Å²) in [6.07, 6.45) is 0. The topological polar surface area (TPSA) is 3.24 Å². The van der Waals surface area contributed by atoms with Crippen molar-refractivity contribution in [1.29, 1.82) is 0 Å². The molecular weight excluding hydrogens is 178 g/mol. The van der Waals surface area contributed by atoms with Crippen LogP contribution in [0, 0.1) is 0 Å². The highest BCUT2D eigenvalue weighted by Gasteiger charge is 2.22. The molecule has 1 unspecified atom stereocenters. The Morgan fingerprint density at radius 2 is 1.75 bits per heavy atom. The molecule has 0 aromatic carbocycles. The van der Waals surface area contributed by atoms with Crippen LogP contribution in [0.15, 0.2) is 11.3 Å². The molecule has 0 fully saturated rings. The van der Waals surface area contributed by atoms with Gasteiger partial charge in [-0.05, 0) is 33.4 Å². The van der Waals surface area contributed by atoms with Crippen molar-refractivity contribution in [1.82, 2.24) is 4.57 Å². The van der Waals surface area contributed by atoms with Crippen molar-refractivity contribution in [3.8, 4) is 0 Å². The van der Waals surface area contributed by atoms with Crippen LogP contribution in [0.5, 0.6) is 0 Å². The molecule has 12 heavy (non-hydrogen) atoms. The highest BCUT2D eigenvalue weighted by molar-refractivity contribution is 7.23. The van der Waals surface area contributed by atoms with Gasteiger partial charge in [0, 0.05) is 13.6 Å². The number of hydrogen-bond donors (Lipinski definition) is 0. The number of nitrogens with zero attached hydrogens (tertiary/aromatic N) is 1. The van der Waals surface area contributed by atoms with Crippen LogP contribution in [0.25, 0.3) is 0 Å². The van der Waals surface area contributed by atoms with E-state index >= 15 is 0 Å². The van der Waals surface area contributed by atoms with Gasteiger partial charge >= 0.3 is 0 Å². The summed E-state index contributed by atoms with van der Waals surface area (Å²) in [7, 11) is 1.52. The lowest BCUT2D eigenvalue weighted by molar-refractivity contribution is 0.652. The summed E-state index contributed by atoms with van der Waals surface area (Å²) in [5.74, 6) is 0. The molecule has 0 bridgehead atoms. The molecule has 0 N–H and O–H groups in total. The third-order valence-electron chi connectivity index (χ3n) is 3.43. The van der Waals surface area contributed by atoms with Crippen LogP contribution in [0.2, 0.25) is 13.1 Å². The van der Waals surface area contributed by atoms with E-state index in [4.69, 9.17) is 0 Å². The average Bonchev–Trinajstić information content (AvgIpc) is 2.08. The maximum atomic E-state index is 2.57. The first-order valence-electron chi connectivity index (χ1n) is 4.55. The molecule has 1 nitrogen and oxygen atoms in total. The maximum absolute atomic E-state index is 2.57.